The molecule has 1 fully saturated rings. The monoisotopic (exact) mass is 267 g/mol. The molecule has 5 heteroatoms. The lowest BCUT2D eigenvalue weighted by molar-refractivity contribution is -0.228. The minimum absolute atomic E-state index is 0.00208. The first-order valence-electron chi connectivity index (χ1n) is 6.64. The Balaban J connectivity index is 2.64. The van der Waals surface area contributed by atoms with Crippen LogP contribution in [0.15, 0.2) is 0 Å². The molecule has 18 heavy (non-hydrogen) atoms. The van der Waals surface area contributed by atoms with E-state index in [0.717, 1.165) is 26.3 Å². The molecule has 1 N–H and O–H groups in total. The zero-order chi connectivity index (χ0) is 14.0. The van der Waals surface area contributed by atoms with Gasteiger partial charge in [-0.1, -0.05) is 20.8 Å². The van der Waals surface area contributed by atoms with Crippen molar-refractivity contribution in [3.05, 3.63) is 0 Å². The van der Waals surface area contributed by atoms with E-state index in [1.54, 1.807) is 0 Å². The average molecular weight is 267 g/mol. The molecular weight excluding hydrogens is 243 g/mol. The SMILES string of the molecule is CCCNC1C(OC(C)C(F)(F)F)CCC1(C)C. The molecule has 0 aromatic carbocycles. The standard InChI is InChI=1S/C13H24F3NO/c1-5-8-17-11-10(6-7-12(11,3)4)18-9(2)13(14,15)16/h9-11,17H,5-8H2,1-4H3. The van der Waals surface area contributed by atoms with Gasteiger partial charge in [-0.15, -0.1) is 0 Å². The Morgan fingerprint density at radius 2 is 2.00 bits per heavy atom. The van der Waals surface area contributed by atoms with Crippen molar-refractivity contribution in [3.63, 3.8) is 0 Å². The van der Waals surface area contributed by atoms with Crippen LogP contribution in [0.3, 0.4) is 0 Å². The predicted molar refractivity (Wildman–Crippen MR) is 65.5 cm³/mol. The number of rotatable bonds is 5. The number of hydrogen-bond acceptors (Lipinski definition) is 2. The molecule has 0 aromatic heterocycles. The molecule has 0 aliphatic heterocycles. The van der Waals surface area contributed by atoms with Crippen LogP contribution in [-0.2, 0) is 4.74 Å². The number of nitrogens with one attached hydrogen (secondary N) is 1. The fourth-order valence-electron chi connectivity index (χ4n) is 2.53. The lowest BCUT2D eigenvalue weighted by Gasteiger charge is -2.33. The van der Waals surface area contributed by atoms with Gasteiger partial charge < -0.3 is 10.1 Å². The Kier molecular flexibility index (Phi) is 5.06. The highest BCUT2D eigenvalue weighted by Crippen LogP contribution is 2.40. The van der Waals surface area contributed by atoms with Crippen LogP contribution in [0.2, 0.25) is 0 Å². The van der Waals surface area contributed by atoms with E-state index in [9.17, 15) is 13.2 Å². The first kappa shape index (κ1) is 15.8. The number of alkyl halides is 3. The Labute approximate surface area is 107 Å². The average Bonchev–Trinajstić information content (AvgIpc) is 2.50. The van der Waals surface area contributed by atoms with Gasteiger partial charge in [-0.2, -0.15) is 13.2 Å². The van der Waals surface area contributed by atoms with E-state index in [2.05, 4.69) is 19.2 Å². The van der Waals surface area contributed by atoms with Gasteiger partial charge in [0.2, 0.25) is 0 Å². The van der Waals surface area contributed by atoms with E-state index < -0.39 is 12.3 Å². The lowest BCUT2D eigenvalue weighted by Crippen LogP contribution is -2.48. The molecule has 0 aromatic rings. The van der Waals surface area contributed by atoms with Crippen LogP contribution in [0.5, 0.6) is 0 Å². The lowest BCUT2D eigenvalue weighted by atomic mass is 9.87. The molecule has 3 atom stereocenters. The Hall–Kier alpha value is -0.290. The number of halogens is 3. The Morgan fingerprint density at radius 3 is 2.50 bits per heavy atom. The van der Waals surface area contributed by atoms with Gasteiger partial charge in [0.05, 0.1) is 6.10 Å². The van der Waals surface area contributed by atoms with Gasteiger partial charge in [0, 0.05) is 6.04 Å². The molecule has 0 bridgehead atoms. The molecule has 2 nitrogen and oxygen atoms in total. The third-order valence-corrected chi connectivity index (χ3v) is 3.74. The highest BCUT2D eigenvalue weighted by Gasteiger charge is 2.46. The quantitative estimate of drug-likeness (QED) is 0.823. The van der Waals surface area contributed by atoms with Crippen molar-refractivity contribution in [1.82, 2.24) is 5.32 Å². The van der Waals surface area contributed by atoms with Crippen LogP contribution in [0.4, 0.5) is 13.2 Å². The minimum atomic E-state index is -4.28. The van der Waals surface area contributed by atoms with E-state index in [4.69, 9.17) is 4.74 Å². The molecule has 108 valence electrons. The van der Waals surface area contributed by atoms with Crippen molar-refractivity contribution < 1.29 is 17.9 Å². The summed E-state index contributed by atoms with van der Waals surface area (Å²) >= 11 is 0. The van der Waals surface area contributed by atoms with Crippen molar-refractivity contribution in [2.45, 2.75) is 71.4 Å². The third kappa shape index (κ3) is 3.85. The highest BCUT2D eigenvalue weighted by molar-refractivity contribution is 4.97. The molecule has 0 saturated heterocycles. The second-order valence-corrected chi connectivity index (χ2v) is 5.82. The largest absolute Gasteiger partial charge is 0.414 e. The molecule has 0 heterocycles. The van der Waals surface area contributed by atoms with Gasteiger partial charge >= 0.3 is 6.18 Å². The summed E-state index contributed by atoms with van der Waals surface area (Å²) in [6.45, 7) is 8.11. The molecule has 1 aliphatic rings. The van der Waals surface area contributed by atoms with Crippen LogP contribution in [-0.4, -0.2) is 31.0 Å². The second kappa shape index (κ2) is 5.78. The van der Waals surface area contributed by atoms with Crippen LogP contribution < -0.4 is 5.32 Å². The minimum Gasteiger partial charge on any atom is -0.364 e. The topological polar surface area (TPSA) is 21.3 Å². The van der Waals surface area contributed by atoms with E-state index in [1.807, 2.05) is 6.92 Å². The second-order valence-electron chi connectivity index (χ2n) is 5.82. The molecular formula is C13H24F3NO. The highest BCUT2D eigenvalue weighted by atomic mass is 19.4. The summed E-state index contributed by atoms with van der Waals surface area (Å²) in [5.41, 5.74) is -0.00877. The Bertz CT molecular complexity index is 265. The number of hydrogen-bond donors (Lipinski definition) is 1. The summed E-state index contributed by atoms with van der Waals surface area (Å²) in [6.07, 6.45) is -3.76. The van der Waals surface area contributed by atoms with Gasteiger partial charge in [-0.05, 0) is 38.1 Å². The van der Waals surface area contributed by atoms with Crippen molar-refractivity contribution in [2.24, 2.45) is 5.41 Å². The van der Waals surface area contributed by atoms with E-state index in [1.165, 1.54) is 0 Å². The summed E-state index contributed by atoms with van der Waals surface area (Å²) in [4.78, 5) is 0. The van der Waals surface area contributed by atoms with Crippen LogP contribution in [0.25, 0.3) is 0 Å². The maximum atomic E-state index is 12.5. The first-order valence-corrected chi connectivity index (χ1v) is 6.64. The summed E-state index contributed by atoms with van der Waals surface area (Å²) in [5.74, 6) is 0. The van der Waals surface area contributed by atoms with Crippen molar-refractivity contribution in [2.75, 3.05) is 6.54 Å². The fourth-order valence-corrected chi connectivity index (χ4v) is 2.53. The van der Waals surface area contributed by atoms with Gasteiger partial charge in [0.25, 0.3) is 0 Å². The van der Waals surface area contributed by atoms with Gasteiger partial charge in [0.1, 0.15) is 0 Å². The zero-order valence-corrected chi connectivity index (χ0v) is 11.6. The number of ether oxygens (including phenoxy) is 1. The van der Waals surface area contributed by atoms with Crippen molar-refractivity contribution in [1.29, 1.82) is 0 Å². The summed E-state index contributed by atoms with van der Waals surface area (Å²) in [5, 5.41) is 3.34. The maximum absolute atomic E-state index is 12.5. The molecule has 3 unspecified atom stereocenters. The fraction of sp³-hybridized carbons (Fsp3) is 1.00. The normalized spacial score (nSPS) is 29.5. The maximum Gasteiger partial charge on any atom is 0.414 e. The predicted octanol–water partition coefficient (Wildman–Crippen LogP) is 3.51. The molecule has 0 radical (unpaired) electrons. The van der Waals surface area contributed by atoms with Crippen molar-refractivity contribution >= 4 is 0 Å². The van der Waals surface area contributed by atoms with Gasteiger partial charge in [-0.25, -0.2) is 0 Å². The Morgan fingerprint density at radius 1 is 1.39 bits per heavy atom. The van der Waals surface area contributed by atoms with Crippen LogP contribution in [0, 0.1) is 5.41 Å². The van der Waals surface area contributed by atoms with Crippen LogP contribution >= 0.6 is 0 Å². The molecule has 1 aliphatic carbocycles. The van der Waals surface area contributed by atoms with Crippen LogP contribution in [0.1, 0.15) is 47.0 Å². The summed E-state index contributed by atoms with van der Waals surface area (Å²) in [7, 11) is 0. The first-order chi connectivity index (χ1) is 8.18. The molecule has 1 saturated carbocycles. The zero-order valence-electron chi connectivity index (χ0n) is 11.6. The molecule has 1 rings (SSSR count). The van der Waals surface area contributed by atoms with Crippen molar-refractivity contribution in [3.8, 4) is 0 Å². The summed E-state index contributed by atoms with van der Waals surface area (Å²) in [6, 6.07) is 0.00208. The third-order valence-electron chi connectivity index (χ3n) is 3.74. The van der Waals surface area contributed by atoms with E-state index in [0.29, 0.717) is 6.42 Å². The van der Waals surface area contributed by atoms with Gasteiger partial charge in [0.15, 0.2) is 6.10 Å². The summed E-state index contributed by atoms with van der Waals surface area (Å²) < 4.78 is 42.8. The van der Waals surface area contributed by atoms with E-state index >= 15 is 0 Å². The smallest absolute Gasteiger partial charge is 0.364 e. The van der Waals surface area contributed by atoms with Gasteiger partial charge in [-0.3, -0.25) is 0 Å². The van der Waals surface area contributed by atoms with E-state index in [-0.39, 0.29) is 17.6 Å². The molecule has 0 spiro atoms. The molecule has 0 amide bonds.